The zero-order chi connectivity index (χ0) is 19.3. The Kier molecular flexibility index (Phi) is 7.06. The van der Waals surface area contributed by atoms with Gasteiger partial charge in [-0.25, -0.2) is 4.79 Å². The highest BCUT2D eigenvalue weighted by atomic mass is 32.1. The average molecular weight is 381 g/mol. The van der Waals surface area contributed by atoms with Crippen LogP contribution in [-0.2, 0) is 4.79 Å². The number of nitrogens with zero attached hydrogens (tertiary/aromatic N) is 1. The molecule has 1 aromatic heterocycles. The van der Waals surface area contributed by atoms with Crippen molar-refractivity contribution in [1.29, 1.82) is 0 Å². The van der Waals surface area contributed by atoms with Crippen LogP contribution in [0.25, 0.3) is 0 Å². The zero-order valence-electron chi connectivity index (χ0n) is 16.2. The van der Waals surface area contributed by atoms with Crippen molar-refractivity contribution in [2.24, 2.45) is 17.6 Å². The average Bonchev–Trinajstić information content (AvgIpc) is 3.05. The lowest BCUT2D eigenvalue weighted by molar-refractivity contribution is -0.122. The van der Waals surface area contributed by atoms with Gasteiger partial charge >= 0.3 is 6.03 Å². The number of rotatable bonds is 7. The van der Waals surface area contributed by atoms with Gasteiger partial charge in [-0.2, -0.15) is 0 Å². The van der Waals surface area contributed by atoms with Crippen molar-refractivity contribution < 1.29 is 9.59 Å². The fourth-order valence-electron chi connectivity index (χ4n) is 3.73. The Morgan fingerprint density at radius 2 is 2.00 bits per heavy atom. The summed E-state index contributed by atoms with van der Waals surface area (Å²) in [4.78, 5) is 27.1. The lowest BCUT2D eigenvalue weighted by Gasteiger charge is -2.45. The minimum absolute atomic E-state index is 0.0802. The van der Waals surface area contributed by atoms with Crippen LogP contribution in [0.3, 0.4) is 0 Å². The van der Waals surface area contributed by atoms with E-state index in [1.165, 1.54) is 17.8 Å². The topological polar surface area (TPSA) is 87.5 Å². The first-order valence-corrected chi connectivity index (χ1v) is 10.2. The van der Waals surface area contributed by atoms with Gasteiger partial charge in [0.15, 0.2) is 0 Å². The van der Waals surface area contributed by atoms with Gasteiger partial charge in [0.2, 0.25) is 5.91 Å². The van der Waals surface area contributed by atoms with Gasteiger partial charge in [0.25, 0.3) is 0 Å². The molecule has 2 rings (SSSR count). The van der Waals surface area contributed by atoms with Crippen LogP contribution in [0.2, 0.25) is 0 Å². The van der Waals surface area contributed by atoms with Gasteiger partial charge in [-0.3, -0.25) is 9.69 Å². The number of piperidine rings is 1. The Labute approximate surface area is 160 Å². The number of hydrogen-bond donors (Lipinski definition) is 3. The molecule has 1 aliphatic rings. The molecule has 26 heavy (non-hydrogen) atoms. The molecular formula is C19H32N4O2S. The number of thiophene rings is 1. The number of nitrogens with one attached hydrogen (secondary N) is 2. The molecule has 146 valence electrons. The second-order valence-electron chi connectivity index (χ2n) is 8.22. The number of carbonyl (C=O) groups is 2. The summed E-state index contributed by atoms with van der Waals surface area (Å²) < 4.78 is 0. The largest absolute Gasteiger partial charge is 0.354 e. The molecular weight excluding hydrogens is 348 g/mol. The van der Waals surface area contributed by atoms with Crippen LogP contribution in [0, 0.1) is 11.8 Å². The second kappa shape index (κ2) is 8.86. The molecule has 0 aliphatic carbocycles. The molecule has 3 amide bonds. The number of urea groups is 1. The molecule has 3 unspecified atom stereocenters. The SMILES string of the molecule is CC1CC(C)CN(C(C)(C)CNC(=O)CC(NC(N)=O)c2cccs2)C1. The van der Waals surface area contributed by atoms with Crippen molar-refractivity contribution in [1.82, 2.24) is 15.5 Å². The highest BCUT2D eigenvalue weighted by Crippen LogP contribution is 2.27. The number of likely N-dealkylation sites (tertiary alicyclic amines) is 1. The van der Waals surface area contributed by atoms with Crippen molar-refractivity contribution in [2.45, 2.75) is 52.1 Å². The maximum atomic E-state index is 12.5. The molecule has 7 heteroatoms. The molecule has 1 aliphatic heterocycles. The van der Waals surface area contributed by atoms with Gasteiger partial charge in [-0.05, 0) is 43.6 Å². The maximum Gasteiger partial charge on any atom is 0.312 e. The number of carbonyl (C=O) groups excluding carboxylic acids is 2. The van der Waals surface area contributed by atoms with Crippen LogP contribution in [0.4, 0.5) is 4.79 Å². The minimum Gasteiger partial charge on any atom is -0.354 e. The van der Waals surface area contributed by atoms with Crippen LogP contribution >= 0.6 is 11.3 Å². The van der Waals surface area contributed by atoms with Gasteiger partial charge < -0.3 is 16.4 Å². The van der Waals surface area contributed by atoms with Crippen LogP contribution in [0.5, 0.6) is 0 Å². The summed E-state index contributed by atoms with van der Waals surface area (Å²) in [6.45, 7) is 11.6. The lowest BCUT2D eigenvalue weighted by Crippen LogP contribution is -2.56. The number of primary amides is 1. The normalized spacial score (nSPS) is 22.6. The Morgan fingerprint density at radius 1 is 1.35 bits per heavy atom. The van der Waals surface area contributed by atoms with E-state index in [1.54, 1.807) is 0 Å². The van der Waals surface area contributed by atoms with Crippen molar-refractivity contribution in [3.63, 3.8) is 0 Å². The monoisotopic (exact) mass is 380 g/mol. The van der Waals surface area contributed by atoms with Gasteiger partial charge in [-0.15, -0.1) is 11.3 Å². The third-order valence-electron chi connectivity index (χ3n) is 5.04. The van der Waals surface area contributed by atoms with Gasteiger partial charge in [0.05, 0.1) is 12.5 Å². The summed E-state index contributed by atoms with van der Waals surface area (Å²) in [5, 5.41) is 7.63. The molecule has 0 bridgehead atoms. The molecule has 0 spiro atoms. The van der Waals surface area contributed by atoms with E-state index in [2.05, 4.69) is 43.2 Å². The van der Waals surface area contributed by atoms with E-state index in [0.29, 0.717) is 18.4 Å². The fraction of sp³-hybridized carbons (Fsp3) is 0.684. The summed E-state index contributed by atoms with van der Waals surface area (Å²) >= 11 is 1.50. The summed E-state index contributed by atoms with van der Waals surface area (Å²) in [6, 6.07) is 2.80. The van der Waals surface area contributed by atoms with Crippen LogP contribution in [0.15, 0.2) is 17.5 Å². The summed E-state index contributed by atoms with van der Waals surface area (Å²) in [5.74, 6) is 1.27. The summed E-state index contributed by atoms with van der Waals surface area (Å²) in [5.41, 5.74) is 5.16. The van der Waals surface area contributed by atoms with E-state index in [4.69, 9.17) is 5.73 Å². The molecule has 6 nitrogen and oxygen atoms in total. The standard InChI is InChI=1S/C19H32N4O2S/c1-13-8-14(2)11-23(10-13)19(3,4)12-21-17(24)9-15(22-18(20)25)16-6-5-7-26-16/h5-7,13-15H,8-12H2,1-4H3,(H,21,24)(H3,20,22,25). The van der Waals surface area contributed by atoms with Gasteiger partial charge in [0, 0.05) is 30.1 Å². The Hall–Kier alpha value is -1.60. The quantitative estimate of drug-likeness (QED) is 0.680. The molecule has 0 saturated carbocycles. The molecule has 4 N–H and O–H groups in total. The molecule has 3 atom stereocenters. The second-order valence-corrected chi connectivity index (χ2v) is 9.20. The first-order valence-electron chi connectivity index (χ1n) is 9.28. The van der Waals surface area contributed by atoms with E-state index in [1.807, 2.05) is 17.5 Å². The Bertz CT molecular complexity index is 593. The molecule has 0 aromatic carbocycles. The molecule has 1 saturated heterocycles. The van der Waals surface area contributed by atoms with E-state index in [9.17, 15) is 9.59 Å². The van der Waals surface area contributed by atoms with E-state index in [0.717, 1.165) is 18.0 Å². The van der Waals surface area contributed by atoms with E-state index >= 15 is 0 Å². The number of hydrogen-bond acceptors (Lipinski definition) is 4. The highest BCUT2D eigenvalue weighted by molar-refractivity contribution is 7.10. The Morgan fingerprint density at radius 3 is 2.54 bits per heavy atom. The zero-order valence-corrected chi connectivity index (χ0v) is 17.1. The number of amides is 3. The first kappa shape index (κ1) is 20.7. The third-order valence-corrected chi connectivity index (χ3v) is 6.02. The van der Waals surface area contributed by atoms with Gasteiger partial charge in [-0.1, -0.05) is 19.9 Å². The molecule has 2 heterocycles. The van der Waals surface area contributed by atoms with Crippen molar-refractivity contribution in [2.75, 3.05) is 19.6 Å². The predicted molar refractivity (Wildman–Crippen MR) is 106 cm³/mol. The maximum absolute atomic E-state index is 12.5. The minimum atomic E-state index is -0.618. The van der Waals surface area contributed by atoms with Crippen LogP contribution in [0.1, 0.15) is 51.5 Å². The van der Waals surface area contributed by atoms with Crippen molar-refractivity contribution in [3.8, 4) is 0 Å². The smallest absolute Gasteiger partial charge is 0.312 e. The van der Waals surface area contributed by atoms with E-state index < -0.39 is 6.03 Å². The van der Waals surface area contributed by atoms with Crippen molar-refractivity contribution in [3.05, 3.63) is 22.4 Å². The molecule has 1 aromatic rings. The summed E-state index contributed by atoms with van der Waals surface area (Å²) in [6.07, 6.45) is 1.45. The van der Waals surface area contributed by atoms with Crippen LogP contribution in [-0.4, -0.2) is 42.0 Å². The van der Waals surface area contributed by atoms with Gasteiger partial charge in [0.1, 0.15) is 0 Å². The first-order chi connectivity index (χ1) is 12.2. The fourth-order valence-corrected chi connectivity index (χ4v) is 4.50. The molecule has 0 radical (unpaired) electrons. The van der Waals surface area contributed by atoms with Crippen molar-refractivity contribution >= 4 is 23.3 Å². The number of nitrogens with two attached hydrogens (primary N) is 1. The predicted octanol–water partition coefficient (Wildman–Crippen LogP) is 2.72. The lowest BCUT2D eigenvalue weighted by atomic mass is 9.88. The molecule has 1 fully saturated rings. The highest BCUT2D eigenvalue weighted by Gasteiger charge is 2.33. The van der Waals surface area contributed by atoms with E-state index in [-0.39, 0.29) is 23.9 Å². The third kappa shape index (κ3) is 5.99. The van der Waals surface area contributed by atoms with Crippen LogP contribution < -0.4 is 16.4 Å². The summed E-state index contributed by atoms with van der Waals surface area (Å²) in [7, 11) is 0. The Balaban J connectivity index is 1.90.